The Balaban J connectivity index is 2.52. The zero-order chi connectivity index (χ0) is 12.5. The van der Waals surface area contributed by atoms with Crippen molar-refractivity contribution >= 4 is 11.8 Å². The molecule has 0 atom stereocenters. The summed E-state index contributed by atoms with van der Waals surface area (Å²) in [5, 5.41) is 8.71. The SMILES string of the molecule is CN(C)CCSCc1ccccc1C#CCO. The second kappa shape index (κ2) is 8.19. The van der Waals surface area contributed by atoms with Crippen molar-refractivity contribution < 1.29 is 5.11 Å². The molecule has 0 radical (unpaired) electrons. The number of aliphatic hydroxyl groups excluding tert-OH is 1. The quantitative estimate of drug-likeness (QED) is 0.636. The molecule has 0 fully saturated rings. The molecule has 2 nitrogen and oxygen atoms in total. The van der Waals surface area contributed by atoms with Gasteiger partial charge in [0.2, 0.25) is 0 Å². The van der Waals surface area contributed by atoms with Crippen LogP contribution in [0.4, 0.5) is 0 Å². The van der Waals surface area contributed by atoms with Crippen molar-refractivity contribution in [3.05, 3.63) is 35.4 Å². The molecule has 1 aromatic carbocycles. The van der Waals surface area contributed by atoms with E-state index in [0.717, 1.165) is 23.6 Å². The van der Waals surface area contributed by atoms with Crippen LogP contribution in [0, 0.1) is 11.8 Å². The maximum absolute atomic E-state index is 8.71. The summed E-state index contributed by atoms with van der Waals surface area (Å²) in [5.41, 5.74) is 2.27. The molecular formula is C14H19NOS. The molecule has 0 aliphatic rings. The van der Waals surface area contributed by atoms with E-state index in [1.807, 2.05) is 30.0 Å². The summed E-state index contributed by atoms with van der Waals surface area (Å²) in [6.45, 7) is 1.01. The van der Waals surface area contributed by atoms with Crippen LogP contribution in [0.15, 0.2) is 24.3 Å². The summed E-state index contributed by atoms with van der Waals surface area (Å²) >= 11 is 1.91. The molecule has 0 aliphatic carbocycles. The number of aliphatic hydroxyl groups is 1. The second-order valence-electron chi connectivity index (χ2n) is 3.97. The maximum Gasteiger partial charge on any atom is 0.104 e. The molecule has 1 rings (SSSR count). The molecule has 0 heterocycles. The lowest BCUT2D eigenvalue weighted by atomic mass is 10.1. The highest BCUT2D eigenvalue weighted by atomic mass is 32.2. The third-order valence-electron chi connectivity index (χ3n) is 2.26. The van der Waals surface area contributed by atoms with Crippen molar-refractivity contribution in [1.29, 1.82) is 0 Å². The monoisotopic (exact) mass is 249 g/mol. The second-order valence-corrected chi connectivity index (χ2v) is 5.08. The number of benzene rings is 1. The highest BCUT2D eigenvalue weighted by molar-refractivity contribution is 7.98. The smallest absolute Gasteiger partial charge is 0.104 e. The summed E-state index contributed by atoms with van der Waals surface area (Å²) in [4.78, 5) is 2.18. The Morgan fingerprint density at radius 2 is 2.06 bits per heavy atom. The van der Waals surface area contributed by atoms with Crippen molar-refractivity contribution in [2.75, 3.05) is 33.0 Å². The lowest BCUT2D eigenvalue weighted by Gasteiger charge is -2.09. The van der Waals surface area contributed by atoms with Crippen molar-refractivity contribution in [3.8, 4) is 11.8 Å². The van der Waals surface area contributed by atoms with Crippen LogP contribution in [-0.2, 0) is 5.75 Å². The third kappa shape index (κ3) is 5.78. The number of hydrogen-bond donors (Lipinski definition) is 1. The molecule has 1 aromatic rings. The number of rotatable bonds is 5. The minimum Gasteiger partial charge on any atom is -0.384 e. The highest BCUT2D eigenvalue weighted by Crippen LogP contribution is 2.15. The molecule has 0 bridgehead atoms. The first-order valence-corrected chi connectivity index (χ1v) is 6.79. The van der Waals surface area contributed by atoms with E-state index in [1.165, 1.54) is 5.56 Å². The van der Waals surface area contributed by atoms with Crippen molar-refractivity contribution in [1.82, 2.24) is 4.90 Å². The van der Waals surface area contributed by atoms with Crippen LogP contribution in [0.5, 0.6) is 0 Å². The topological polar surface area (TPSA) is 23.5 Å². The molecule has 0 aliphatic heterocycles. The summed E-state index contributed by atoms with van der Waals surface area (Å²) in [5.74, 6) is 7.79. The summed E-state index contributed by atoms with van der Waals surface area (Å²) in [7, 11) is 4.17. The van der Waals surface area contributed by atoms with Crippen LogP contribution < -0.4 is 0 Å². The Morgan fingerprint density at radius 1 is 1.29 bits per heavy atom. The minimum atomic E-state index is -0.0812. The Hall–Kier alpha value is -0.950. The molecule has 0 amide bonds. The molecule has 92 valence electrons. The van der Waals surface area contributed by atoms with Gasteiger partial charge in [-0.2, -0.15) is 11.8 Å². The van der Waals surface area contributed by atoms with Crippen molar-refractivity contribution in [3.63, 3.8) is 0 Å². The van der Waals surface area contributed by atoms with Crippen molar-refractivity contribution in [2.45, 2.75) is 5.75 Å². The molecule has 0 saturated heterocycles. The van der Waals surface area contributed by atoms with Gasteiger partial charge in [-0.25, -0.2) is 0 Å². The molecular weight excluding hydrogens is 230 g/mol. The van der Waals surface area contributed by atoms with Gasteiger partial charge in [0, 0.05) is 23.6 Å². The van der Waals surface area contributed by atoms with E-state index in [0.29, 0.717) is 0 Å². The molecule has 0 saturated carbocycles. The van der Waals surface area contributed by atoms with E-state index < -0.39 is 0 Å². The predicted octanol–water partition coefficient (Wildman–Crippen LogP) is 1.83. The van der Waals surface area contributed by atoms with Gasteiger partial charge in [-0.15, -0.1) is 0 Å². The predicted molar refractivity (Wildman–Crippen MR) is 75.1 cm³/mol. The average Bonchev–Trinajstić information content (AvgIpc) is 2.33. The molecule has 0 spiro atoms. The van der Waals surface area contributed by atoms with Crippen LogP contribution in [0.2, 0.25) is 0 Å². The largest absolute Gasteiger partial charge is 0.384 e. The summed E-state index contributed by atoms with van der Waals surface area (Å²) in [6.07, 6.45) is 0. The zero-order valence-electron chi connectivity index (χ0n) is 10.4. The van der Waals surface area contributed by atoms with Gasteiger partial charge in [0.25, 0.3) is 0 Å². The van der Waals surface area contributed by atoms with Gasteiger partial charge in [0.15, 0.2) is 0 Å². The Labute approximate surface area is 108 Å². The van der Waals surface area contributed by atoms with Gasteiger partial charge < -0.3 is 10.0 Å². The Morgan fingerprint density at radius 3 is 2.76 bits per heavy atom. The first-order valence-electron chi connectivity index (χ1n) is 5.64. The molecule has 17 heavy (non-hydrogen) atoms. The van der Waals surface area contributed by atoms with Gasteiger partial charge in [0.05, 0.1) is 0 Å². The number of hydrogen-bond acceptors (Lipinski definition) is 3. The lowest BCUT2D eigenvalue weighted by Crippen LogP contribution is -2.14. The van der Waals surface area contributed by atoms with E-state index >= 15 is 0 Å². The normalized spacial score (nSPS) is 10.1. The van der Waals surface area contributed by atoms with Gasteiger partial charge in [0.1, 0.15) is 6.61 Å². The van der Waals surface area contributed by atoms with E-state index in [1.54, 1.807) is 0 Å². The molecule has 1 N–H and O–H groups in total. The van der Waals surface area contributed by atoms with Gasteiger partial charge >= 0.3 is 0 Å². The Bertz CT molecular complexity index is 393. The van der Waals surface area contributed by atoms with Gasteiger partial charge in [-0.1, -0.05) is 30.0 Å². The molecule has 3 heteroatoms. The fourth-order valence-electron chi connectivity index (χ4n) is 1.33. The van der Waals surface area contributed by atoms with E-state index in [4.69, 9.17) is 5.11 Å². The summed E-state index contributed by atoms with van der Waals surface area (Å²) < 4.78 is 0. The van der Waals surface area contributed by atoms with Crippen molar-refractivity contribution in [2.24, 2.45) is 0 Å². The third-order valence-corrected chi connectivity index (χ3v) is 3.25. The Kier molecular flexibility index (Phi) is 6.80. The fraction of sp³-hybridized carbons (Fsp3) is 0.429. The van der Waals surface area contributed by atoms with Gasteiger partial charge in [-0.05, 0) is 25.7 Å². The van der Waals surface area contributed by atoms with E-state index in [-0.39, 0.29) is 6.61 Å². The summed E-state index contributed by atoms with van der Waals surface area (Å²) in [6, 6.07) is 8.12. The maximum atomic E-state index is 8.71. The zero-order valence-corrected chi connectivity index (χ0v) is 11.3. The van der Waals surface area contributed by atoms with Gasteiger partial charge in [-0.3, -0.25) is 0 Å². The molecule has 0 unspecified atom stereocenters. The van der Waals surface area contributed by atoms with Crippen LogP contribution in [-0.4, -0.2) is 43.0 Å². The standard InChI is InChI=1S/C14H19NOS/c1-15(2)9-11-17-12-14-7-4-3-6-13(14)8-5-10-16/h3-4,6-7,16H,9-12H2,1-2H3. The molecule has 0 aromatic heterocycles. The first-order chi connectivity index (χ1) is 8.24. The lowest BCUT2D eigenvalue weighted by molar-refractivity contribution is 0.350. The van der Waals surface area contributed by atoms with Crippen LogP contribution >= 0.6 is 11.8 Å². The van der Waals surface area contributed by atoms with E-state index in [9.17, 15) is 0 Å². The minimum absolute atomic E-state index is 0.0812. The fourth-order valence-corrected chi connectivity index (χ4v) is 2.44. The van der Waals surface area contributed by atoms with E-state index in [2.05, 4.69) is 36.9 Å². The van der Waals surface area contributed by atoms with Crippen LogP contribution in [0.25, 0.3) is 0 Å². The van der Waals surface area contributed by atoms with Crippen LogP contribution in [0.1, 0.15) is 11.1 Å². The highest BCUT2D eigenvalue weighted by Gasteiger charge is 1.99. The van der Waals surface area contributed by atoms with Crippen LogP contribution in [0.3, 0.4) is 0 Å². The number of nitrogens with zero attached hydrogens (tertiary/aromatic N) is 1. The number of thioether (sulfide) groups is 1. The first kappa shape index (κ1) is 14.1. The average molecular weight is 249 g/mol.